The van der Waals surface area contributed by atoms with Gasteiger partial charge in [-0.1, -0.05) is 29.4 Å². The Balaban J connectivity index is 1.22. The van der Waals surface area contributed by atoms with Gasteiger partial charge in [0.15, 0.2) is 17.3 Å². The van der Waals surface area contributed by atoms with Crippen molar-refractivity contribution in [1.29, 1.82) is 0 Å². The van der Waals surface area contributed by atoms with Gasteiger partial charge in [0.25, 0.3) is 0 Å². The Hall–Kier alpha value is -2.68. The molecule has 3 aromatic rings. The monoisotopic (exact) mass is 455 g/mol. The number of nitrogens with two attached hydrogens (primary N) is 1. The van der Waals surface area contributed by atoms with Crippen molar-refractivity contribution in [3.05, 3.63) is 59.4 Å². The Morgan fingerprint density at radius 3 is 2.55 bits per heavy atom. The van der Waals surface area contributed by atoms with Crippen LogP contribution in [0.4, 0.5) is 11.5 Å². The fourth-order valence-corrected chi connectivity index (χ4v) is 4.66. The maximum Gasteiger partial charge on any atom is 0.231 e. The van der Waals surface area contributed by atoms with Gasteiger partial charge in [0.2, 0.25) is 6.79 Å². The summed E-state index contributed by atoms with van der Waals surface area (Å²) in [4.78, 5) is 14.6. The van der Waals surface area contributed by atoms with E-state index in [-0.39, 0.29) is 0 Å². The summed E-state index contributed by atoms with van der Waals surface area (Å²) in [6, 6.07) is 13.8. The van der Waals surface area contributed by atoms with Gasteiger partial charge in [-0.2, -0.15) is 0 Å². The van der Waals surface area contributed by atoms with Crippen molar-refractivity contribution in [2.24, 2.45) is 0 Å². The van der Waals surface area contributed by atoms with E-state index in [4.69, 9.17) is 26.8 Å². The van der Waals surface area contributed by atoms with Gasteiger partial charge in [-0.05, 0) is 42.0 Å². The van der Waals surface area contributed by atoms with Gasteiger partial charge in [0.05, 0.1) is 0 Å². The first-order valence-corrected chi connectivity index (χ1v) is 11.2. The number of hydrogen-bond acceptors (Lipinski definition) is 8. The smallest absolute Gasteiger partial charge is 0.231 e. The Labute approximate surface area is 190 Å². The number of anilines is 2. The molecule has 0 atom stereocenters. The third-order valence-corrected chi connectivity index (χ3v) is 6.65. The SMILES string of the molecule is Nc1c(Sc2ccc(Cl)cc2)ncnc1N1CCN(Cc2ccc3c(c2)OCO3)CC1. The van der Waals surface area contributed by atoms with Gasteiger partial charge in [0, 0.05) is 42.6 Å². The minimum atomic E-state index is 0.302. The van der Waals surface area contributed by atoms with Crippen LogP contribution in [-0.2, 0) is 6.54 Å². The zero-order valence-electron chi connectivity index (χ0n) is 16.8. The summed E-state index contributed by atoms with van der Waals surface area (Å²) in [5, 5.41) is 1.47. The highest BCUT2D eigenvalue weighted by molar-refractivity contribution is 7.99. The maximum absolute atomic E-state index is 6.45. The fraction of sp³-hybridized carbons (Fsp3) is 0.273. The Morgan fingerprint density at radius 1 is 0.968 bits per heavy atom. The minimum absolute atomic E-state index is 0.302. The number of nitrogen functional groups attached to an aromatic ring is 1. The molecule has 7 nitrogen and oxygen atoms in total. The van der Waals surface area contributed by atoms with E-state index in [2.05, 4.69) is 31.9 Å². The van der Waals surface area contributed by atoms with E-state index in [1.165, 1.54) is 17.3 Å². The summed E-state index contributed by atoms with van der Waals surface area (Å²) in [7, 11) is 0. The number of nitrogens with zero attached hydrogens (tertiary/aromatic N) is 4. The van der Waals surface area contributed by atoms with Crippen LogP contribution in [0.3, 0.4) is 0 Å². The van der Waals surface area contributed by atoms with Crippen molar-refractivity contribution in [2.45, 2.75) is 16.5 Å². The summed E-state index contributed by atoms with van der Waals surface area (Å²) >= 11 is 7.50. The summed E-state index contributed by atoms with van der Waals surface area (Å²) < 4.78 is 10.9. The van der Waals surface area contributed by atoms with Crippen molar-refractivity contribution >= 4 is 34.9 Å². The summed E-state index contributed by atoms with van der Waals surface area (Å²) in [6.45, 7) is 4.75. The average Bonchev–Trinajstić information content (AvgIpc) is 3.25. The van der Waals surface area contributed by atoms with Crippen LogP contribution in [0, 0.1) is 0 Å². The number of rotatable bonds is 5. The van der Waals surface area contributed by atoms with Crippen molar-refractivity contribution in [1.82, 2.24) is 14.9 Å². The first kappa shape index (κ1) is 20.2. The van der Waals surface area contributed by atoms with Crippen molar-refractivity contribution in [3.8, 4) is 11.5 Å². The average molecular weight is 456 g/mol. The third-order valence-electron chi connectivity index (χ3n) is 5.37. The largest absolute Gasteiger partial charge is 0.454 e. The number of piperazine rings is 1. The molecule has 2 aliphatic rings. The van der Waals surface area contributed by atoms with Crippen LogP contribution in [0.1, 0.15) is 5.56 Å². The molecule has 2 aliphatic heterocycles. The fourth-order valence-electron chi connectivity index (χ4n) is 3.73. The zero-order chi connectivity index (χ0) is 21.2. The molecule has 0 bridgehead atoms. The van der Waals surface area contributed by atoms with Crippen LogP contribution < -0.4 is 20.1 Å². The van der Waals surface area contributed by atoms with Crippen LogP contribution in [0.25, 0.3) is 0 Å². The van der Waals surface area contributed by atoms with E-state index >= 15 is 0 Å². The third kappa shape index (κ3) is 4.51. The highest BCUT2D eigenvalue weighted by atomic mass is 35.5. The summed E-state index contributed by atoms with van der Waals surface area (Å²) in [6.07, 6.45) is 1.59. The van der Waals surface area contributed by atoms with Gasteiger partial charge in [-0.25, -0.2) is 9.97 Å². The zero-order valence-corrected chi connectivity index (χ0v) is 18.4. The normalized spacial score (nSPS) is 16.0. The number of hydrogen-bond donors (Lipinski definition) is 1. The van der Waals surface area contributed by atoms with Gasteiger partial charge in [-0.15, -0.1) is 0 Å². The molecule has 0 radical (unpaired) electrons. The predicted molar refractivity (Wildman–Crippen MR) is 122 cm³/mol. The molecule has 1 saturated heterocycles. The number of aromatic nitrogens is 2. The van der Waals surface area contributed by atoms with E-state index in [9.17, 15) is 0 Å². The van der Waals surface area contributed by atoms with Gasteiger partial charge in [-0.3, -0.25) is 4.90 Å². The molecule has 2 N–H and O–H groups in total. The van der Waals surface area contributed by atoms with E-state index in [0.717, 1.165) is 60.0 Å². The van der Waals surface area contributed by atoms with Crippen molar-refractivity contribution in [2.75, 3.05) is 43.6 Å². The van der Waals surface area contributed by atoms with Crippen LogP contribution in [0.15, 0.2) is 58.7 Å². The molecule has 160 valence electrons. The second kappa shape index (κ2) is 8.82. The number of fused-ring (bicyclic) bond motifs is 1. The molecule has 1 aromatic heterocycles. The van der Waals surface area contributed by atoms with E-state index in [1.54, 1.807) is 6.33 Å². The molecule has 2 aromatic carbocycles. The lowest BCUT2D eigenvalue weighted by Gasteiger charge is -2.36. The summed E-state index contributed by atoms with van der Waals surface area (Å²) in [5.74, 6) is 2.45. The van der Waals surface area contributed by atoms with E-state index in [0.29, 0.717) is 17.5 Å². The first-order chi connectivity index (χ1) is 15.2. The van der Waals surface area contributed by atoms with E-state index in [1.807, 2.05) is 30.3 Å². The van der Waals surface area contributed by atoms with Gasteiger partial charge in [0.1, 0.15) is 17.0 Å². The molecule has 9 heteroatoms. The molecule has 0 aliphatic carbocycles. The lowest BCUT2D eigenvalue weighted by molar-refractivity contribution is 0.174. The molecule has 5 rings (SSSR count). The predicted octanol–water partition coefficient (Wildman–Crippen LogP) is 3.91. The molecule has 1 fully saturated rings. The minimum Gasteiger partial charge on any atom is -0.454 e. The van der Waals surface area contributed by atoms with Crippen molar-refractivity contribution in [3.63, 3.8) is 0 Å². The quantitative estimate of drug-likeness (QED) is 0.580. The van der Waals surface area contributed by atoms with Gasteiger partial charge < -0.3 is 20.1 Å². The molecule has 31 heavy (non-hydrogen) atoms. The van der Waals surface area contributed by atoms with Crippen LogP contribution in [0.5, 0.6) is 11.5 Å². The topological polar surface area (TPSA) is 76.7 Å². The number of benzene rings is 2. The molecule has 3 heterocycles. The number of ether oxygens (including phenoxy) is 2. The molecule has 0 spiro atoms. The number of halogens is 1. The first-order valence-electron chi connectivity index (χ1n) is 10.1. The van der Waals surface area contributed by atoms with Crippen LogP contribution in [0.2, 0.25) is 5.02 Å². The highest BCUT2D eigenvalue weighted by Gasteiger charge is 2.22. The van der Waals surface area contributed by atoms with Crippen molar-refractivity contribution < 1.29 is 9.47 Å². The Morgan fingerprint density at radius 2 is 1.74 bits per heavy atom. The Bertz CT molecular complexity index is 1070. The lowest BCUT2D eigenvalue weighted by Crippen LogP contribution is -2.46. The summed E-state index contributed by atoms with van der Waals surface area (Å²) in [5.41, 5.74) is 8.29. The highest BCUT2D eigenvalue weighted by Crippen LogP contribution is 2.35. The molecular weight excluding hydrogens is 434 g/mol. The van der Waals surface area contributed by atoms with E-state index < -0.39 is 0 Å². The maximum atomic E-state index is 6.45. The standard InChI is InChI=1S/C22H22ClN5O2S/c23-16-2-4-17(5-3-16)31-22-20(24)21(25-13-26-22)28-9-7-27(8-10-28)12-15-1-6-18-19(11-15)30-14-29-18/h1-6,11,13H,7-10,12,14,24H2. The van der Waals surface area contributed by atoms with Crippen LogP contribution in [-0.4, -0.2) is 47.8 Å². The molecule has 0 amide bonds. The Kier molecular flexibility index (Phi) is 5.76. The molecule has 0 saturated carbocycles. The lowest BCUT2D eigenvalue weighted by atomic mass is 10.1. The van der Waals surface area contributed by atoms with Crippen LogP contribution >= 0.6 is 23.4 Å². The molecule has 0 unspecified atom stereocenters. The van der Waals surface area contributed by atoms with Gasteiger partial charge >= 0.3 is 0 Å². The molecular formula is C22H22ClN5O2S. The second-order valence-electron chi connectivity index (χ2n) is 7.42. The second-order valence-corrected chi connectivity index (χ2v) is 8.92.